The Morgan fingerprint density at radius 1 is 0.386 bits per heavy atom. The van der Waals surface area contributed by atoms with Gasteiger partial charge in [-0.1, -0.05) is 297 Å². The molecule has 12 aromatic rings. The average molecular weight is 1600 g/mol. The topological polar surface area (TPSA) is 62.0 Å². The Bertz CT molecular complexity index is 5490. The van der Waals surface area contributed by atoms with Crippen LogP contribution in [0.15, 0.2) is 232 Å². The lowest BCUT2D eigenvalue weighted by Gasteiger charge is -2.50. The molecule has 0 radical (unpaired) electrons. The summed E-state index contributed by atoms with van der Waals surface area (Å²) in [7, 11) is 0. The minimum Gasteiger partial charge on any atom is -0.449 e. The van der Waals surface area contributed by atoms with Crippen molar-refractivity contribution in [2.45, 2.75) is 272 Å². The van der Waals surface area contributed by atoms with Gasteiger partial charge in [-0.05, 0) is 260 Å². The molecule has 0 spiro atoms. The first-order valence-corrected chi connectivity index (χ1v) is 42.9. The van der Waals surface area contributed by atoms with Gasteiger partial charge in [0.05, 0.1) is 22.5 Å². The van der Waals surface area contributed by atoms with E-state index in [0.717, 1.165) is 66.6 Å². The minimum atomic E-state index is -0.0632. The van der Waals surface area contributed by atoms with Crippen molar-refractivity contribution in [3.8, 4) is 22.3 Å². The monoisotopic (exact) mass is 1600 g/mol. The van der Waals surface area contributed by atoms with Gasteiger partial charge >= 0.3 is 0 Å². The minimum absolute atomic E-state index is 0.00972. The number of hydrogen-bond donors (Lipinski definition) is 1. The number of nitrogen functional groups attached to an aromatic ring is 1. The summed E-state index contributed by atoms with van der Waals surface area (Å²) >= 11 is 9.80. The fourth-order valence-corrected chi connectivity index (χ4v) is 19.1. The summed E-state index contributed by atoms with van der Waals surface area (Å²) in [5, 5.41) is 3.07. The van der Waals surface area contributed by atoms with Gasteiger partial charge in [-0.15, -0.1) is 0 Å². The molecule has 0 bridgehead atoms. The van der Waals surface area contributed by atoms with Crippen LogP contribution in [0, 0.1) is 13.8 Å². The number of hydrogen-bond acceptors (Lipinski definition) is 6. The number of anilines is 8. The van der Waals surface area contributed by atoms with Gasteiger partial charge in [0.25, 0.3) is 0 Å². The summed E-state index contributed by atoms with van der Waals surface area (Å²) in [5.41, 5.74) is 35.1. The van der Waals surface area contributed by atoms with Crippen molar-refractivity contribution in [2.75, 3.05) is 20.4 Å². The smallest absolute Gasteiger partial charge is 0.205 e. The van der Waals surface area contributed by atoms with Crippen LogP contribution in [0.1, 0.15) is 259 Å². The van der Waals surface area contributed by atoms with E-state index in [1.54, 1.807) is 0 Å². The maximum Gasteiger partial charge on any atom is 0.205 e. The molecule has 4 aliphatic rings. The number of nitrogens with two attached hydrogens (primary N) is 1. The van der Waals surface area contributed by atoms with E-state index in [2.05, 4.69) is 379 Å². The molecule has 4 unspecified atom stereocenters. The third kappa shape index (κ3) is 16.3. The van der Waals surface area contributed by atoms with Crippen molar-refractivity contribution >= 4 is 95.2 Å². The van der Waals surface area contributed by atoms with E-state index < -0.39 is 0 Å². The van der Waals surface area contributed by atoms with Crippen LogP contribution in [0.4, 0.5) is 45.7 Å². The number of rotatable bonds is 7. The van der Waals surface area contributed by atoms with Crippen molar-refractivity contribution in [1.29, 1.82) is 0 Å². The van der Waals surface area contributed by atoms with Crippen LogP contribution >= 0.6 is 27.5 Å². The van der Waals surface area contributed by atoms with Crippen molar-refractivity contribution in [3.63, 3.8) is 0 Å². The number of aryl methyl sites for hydroxylation is 2. The maximum atomic E-state index is 7.00. The molecule has 2 saturated carbocycles. The molecule has 114 heavy (non-hydrogen) atoms. The van der Waals surface area contributed by atoms with E-state index in [1.165, 1.54) is 140 Å². The summed E-state index contributed by atoms with van der Waals surface area (Å²) in [6, 6.07) is 80.0. The first-order valence-electron chi connectivity index (χ1n) is 41.8. The Balaban J connectivity index is 0.000000159. The number of halogens is 2. The molecule has 2 aliphatic heterocycles. The molecular weight excluding hydrogens is 1480 g/mol. The van der Waals surface area contributed by atoms with Crippen molar-refractivity contribution in [2.24, 2.45) is 0 Å². The molecule has 2 aromatic heterocycles. The van der Waals surface area contributed by atoms with Gasteiger partial charge in [0, 0.05) is 72.3 Å². The quantitative estimate of drug-likeness (QED) is 0.161. The highest BCUT2D eigenvalue weighted by atomic mass is 79.9. The fourth-order valence-electron chi connectivity index (χ4n) is 18.4. The zero-order chi connectivity index (χ0) is 82.4. The van der Waals surface area contributed by atoms with E-state index >= 15 is 0 Å². The van der Waals surface area contributed by atoms with Gasteiger partial charge in [0.15, 0.2) is 4.67 Å². The van der Waals surface area contributed by atoms with Crippen LogP contribution in [-0.2, 0) is 43.3 Å². The zero-order valence-electron chi connectivity index (χ0n) is 72.9. The molecule has 16 rings (SSSR count). The molecule has 6 nitrogen and oxygen atoms in total. The summed E-state index contributed by atoms with van der Waals surface area (Å²) in [6.45, 7) is 55.3. The number of furan rings is 2. The van der Waals surface area contributed by atoms with Crippen LogP contribution < -0.4 is 20.4 Å². The second-order valence-electron chi connectivity index (χ2n) is 40.5. The molecule has 2 fully saturated rings. The lowest BCUT2D eigenvalue weighted by atomic mass is 9.61. The Morgan fingerprint density at radius 2 is 0.772 bits per heavy atom. The molecule has 4 atom stereocenters. The molecule has 596 valence electrons. The van der Waals surface area contributed by atoms with E-state index in [4.69, 9.17) is 26.2 Å². The van der Waals surface area contributed by atoms with Crippen molar-refractivity contribution in [1.82, 2.24) is 0 Å². The molecular formula is C106H126BrClN4O2. The summed E-state index contributed by atoms with van der Waals surface area (Å²) in [4.78, 5) is 7.70. The Hall–Kier alpha value is -8.75. The van der Waals surface area contributed by atoms with Gasteiger partial charge in [-0.2, -0.15) is 0 Å². The lowest BCUT2D eigenvalue weighted by Crippen LogP contribution is -2.54. The van der Waals surface area contributed by atoms with Gasteiger partial charge in [0.1, 0.15) is 11.2 Å². The normalized spacial score (nSPS) is 19.5. The van der Waals surface area contributed by atoms with E-state index in [9.17, 15) is 0 Å². The maximum absolute atomic E-state index is 7.00. The molecule has 2 aliphatic carbocycles. The van der Waals surface area contributed by atoms with Crippen molar-refractivity contribution < 1.29 is 8.83 Å². The van der Waals surface area contributed by atoms with Crippen molar-refractivity contribution in [3.05, 3.63) is 284 Å². The molecule has 4 heterocycles. The first-order chi connectivity index (χ1) is 53.3. The molecule has 10 aromatic carbocycles. The second kappa shape index (κ2) is 30.7. The van der Waals surface area contributed by atoms with E-state index in [1.807, 2.05) is 36.4 Å². The van der Waals surface area contributed by atoms with Gasteiger partial charge < -0.3 is 24.4 Å². The largest absolute Gasteiger partial charge is 0.449 e. The Kier molecular flexibility index (Phi) is 22.4. The van der Waals surface area contributed by atoms with Crippen LogP contribution in [0.25, 0.3) is 44.2 Å². The molecule has 0 amide bonds. The lowest BCUT2D eigenvalue weighted by molar-refractivity contribution is 0.194. The SMILES string of the molecule is CC(C)(C)c1ccc(N)c(-c2ccccc2)c1.CC(C)(C)c1ccc2cc(Br)oc2c1.Cc1cc(Cl)cc(N2c3ccc(C(C)(C)C)cc3C3(C)CCCCC23C)c1.Cc1cc(N(c2cc3ccc(C(C)(C)C)cc3o2)c2ccc(C(C)(C)C)cc2-c2ccccc2)cc(N2c3ccc(C(C)(C)C)cc3C3(C)CCCCC23C)c1. The number of nitrogens with zero attached hydrogens (tertiary/aromatic N) is 3. The second-order valence-corrected chi connectivity index (χ2v) is 41.7. The molecule has 2 N–H and O–H groups in total. The number of fused-ring (bicyclic) bond motifs is 8. The predicted molar refractivity (Wildman–Crippen MR) is 495 cm³/mol. The highest BCUT2D eigenvalue weighted by Crippen LogP contribution is 2.64. The average Bonchev–Trinajstić information content (AvgIpc) is 1.54. The van der Waals surface area contributed by atoms with Crippen LogP contribution in [0.3, 0.4) is 0 Å². The fraction of sp³-hybridized carbons (Fsp3) is 0.396. The summed E-state index contributed by atoms with van der Waals surface area (Å²) < 4.78 is 13.3. The van der Waals surface area contributed by atoms with Crippen LogP contribution in [0.5, 0.6) is 0 Å². The third-order valence-corrected chi connectivity index (χ3v) is 26.5. The Labute approximate surface area is 697 Å². The van der Waals surface area contributed by atoms with Crippen LogP contribution in [0.2, 0.25) is 5.02 Å². The Morgan fingerprint density at radius 3 is 1.25 bits per heavy atom. The summed E-state index contributed by atoms with van der Waals surface area (Å²) in [5.74, 6) is 0.814. The standard InChI is InChI=1S/C53H62N2O.C25H32ClN.C16H19N.C12H13BrO/c1-35-28-41(34-42(29-35)55-46-25-23-39(50(5,6)7)32-44(46)52(11)26-16-17-27-53(52,55)12)54(48-30-37-20-21-40(51(8,9)10)33-47(37)56-48)45-24-22-38(49(2,3)4)31-43(45)36-18-14-13-15-19-36;1-17-13-19(26)16-20(14-17)27-22-10-9-18(23(2,3)4)15-21(22)24(5)11-7-8-12-25(24,27)6;1-16(2,3)13-9-10-15(17)14(11-13)12-7-5-4-6-8-12;1-12(2,3)9-5-4-8-6-11(13)14-10(8)7-9/h13-15,18-25,28-34H,16-17,26-27H2,1-12H3;9-10,13-16H,7-8,11-12H2,1-6H3;4-11H,17H2,1-3H3;4-7H,1-3H3. The summed E-state index contributed by atoms with van der Waals surface area (Å²) in [6.07, 6.45) is 9.93. The first kappa shape index (κ1) is 83.2. The van der Waals surface area contributed by atoms with E-state index in [-0.39, 0.29) is 54.4 Å². The molecule has 0 saturated heterocycles. The van der Waals surface area contributed by atoms with Gasteiger partial charge in [-0.25, -0.2) is 0 Å². The van der Waals surface area contributed by atoms with E-state index in [0.29, 0.717) is 0 Å². The highest BCUT2D eigenvalue weighted by molar-refractivity contribution is 9.10. The van der Waals surface area contributed by atoms with Gasteiger partial charge in [-0.3, -0.25) is 4.90 Å². The predicted octanol–water partition coefficient (Wildman–Crippen LogP) is 31.9. The van der Waals surface area contributed by atoms with Crippen LogP contribution in [-0.4, -0.2) is 11.1 Å². The molecule has 8 heteroatoms. The van der Waals surface area contributed by atoms with Gasteiger partial charge in [0.2, 0.25) is 5.88 Å². The highest BCUT2D eigenvalue weighted by Gasteiger charge is 2.59. The zero-order valence-corrected chi connectivity index (χ0v) is 75.3. The number of benzene rings is 10. The third-order valence-electron chi connectivity index (χ3n) is 25.9.